The first kappa shape index (κ1) is 19.8. The second kappa shape index (κ2) is 7.39. The van der Waals surface area contributed by atoms with Gasteiger partial charge in [-0.15, -0.1) is 0 Å². The molecule has 0 spiro atoms. The molecule has 0 aliphatic carbocycles. The highest BCUT2D eigenvalue weighted by Crippen LogP contribution is 2.26. The molecule has 2 aromatic carbocycles. The van der Waals surface area contributed by atoms with Crippen LogP contribution in [0.3, 0.4) is 0 Å². The van der Waals surface area contributed by atoms with Gasteiger partial charge in [-0.25, -0.2) is 21.5 Å². The number of benzene rings is 2. The topological polar surface area (TPSA) is 122 Å². The molecule has 1 N–H and O–H groups in total. The van der Waals surface area contributed by atoms with Crippen LogP contribution in [0.15, 0.2) is 56.9 Å². The smallest absolute Gasteiger partial charge is 0.264 e. The maximum absolute atomic E-state index is 12.8. The monoisotopic (exact) mass is 436 g/mol. The summed E-state index contributed by atoms with van der Waals surface area (Å²) >= 11 is 0. The molecule has 0 saturated carbocycles. The quantitative estimate of drug-likeness (QED) is 0.652. The van der Waals surface area contributed by atoms with Crippen molar-refractivity contribution < 1.29 is 21.5 Å². The molecule has 29 heavy (non-hydrogen) atoms. The molecule has 9 nitrogen and oxygen atoms in total. The lowest BCUT2D eigenvalue weighted by Gasteiger charge is -2.30. The Morgan fingerprint density at radius 3 is 2.55 bits per heavy atom. The minimum Gasteiger partial charge on any atom is -0.280 e. The van der Waals surface area contributed by atoms with Crippen LogP contribution in [0.5, 0.6) is 0 Å². The van der Waals surface area contributed by atoms with Gasteiger partial charge < -0.3 is 0 Å². The van der Waals surface area contributed by atoms with Gasteiger partial charge in [0.25, 0.3) is 10.0 Å². The van der Waals surface area contributed by atoms with Crippen molar-refractivity contribution in [3.05, 3.63) is 42.5 Å². The summed E-state index contributed by atoms with van der Waals surface area (Å²) in [6, 6.07) is 10.2. The second-order valence-electron chi connectivity index (χ2n) is 7.13. The SMILES string of the molecule is C[C@H]1CCCN(S(=O)(=O)c2ccc(NS(=O)(=O)c3cccc4nonc34)cc2)C1. The van der Waals surface area contributed by atoms with E-state index in [0.717, 1.165) is 12.8 Å². The van der Waals surface area contributed by atoms with Crippen LogP contribution in [0, 0.1) is 5.92 Å². The first-order valence-electron chi connectivity index (χ1n) is 9.12. The predicted molar refractivity (Wildman–Crippen MR) is 106 cm³/mol. The van der Waals surface area contributed by atoms with Crippen LogP contribution >= 0.6 is 0 Å². The Morgan fingerprint density at radius 2 is 1.83 bits per heavy atom. The molecule has 1 fully saturated rings. The van der Waals surface area contributed by atoms with Crippen LogP contribution < -0.4 is 4.72 Å². The molecular formula is C18H20N4O5S2. The molecule has 0 radical (unpaired) electrons. The number of piperidine rings is 1. The number of hydrogen-bond donors (Lipinski definition) is 1. The summed E-state index contributed by atoms with van der Waals surface area (Å²) in [6.45, 7) is 3.02. The van der Waals surface area contributed by atoms with Gasteiger partial charge in [0, 0.05) is 18.8 Å². The van der Waals surface area contributed by atoms with Gasteiger partial charge >= 0.3 is 0 Å². The lowest BCUT2D eigenvalue weighted by Crippen LogP contribution is -2.39. The van der Waals surface area contributed by atoms with Gasteiger partial charge in [0.2, 0.25) is 10.0 Å². The number of nitrogens with one attached hydrogen (secondary N) is 1. The van der Waals surface area contributed by atoms with Crippen LogP contribution in [0.25, 0.3) is 11.0 Å². The Hall–Kier alpha value is -2.50. The van der Waals surface area contributed by atoms with E-state index in [0.29, 0.717) is 24.5 Å². The van der Waals surface area contributed by atoms with Crippen molar-refractivity contribution in [3.8, 4) is 0 Å². The molecule has 11 heteroatoms. The Labute approximate surface area is 168 Å². The summed E-state index contributed by atoms with van der Waals surface area (Å²) in [5.41, 5.74) is 0.688. The number of nitrogens with zero attached hydrogens (tertiary/aromatic N) is 3. The maximum atomic E-state index is 12.8. The van der Waals surface area contributed by atoms with Crippen molar-refractivity contribution in [2.45, 2.75) is 29.6 Å². The van der Waals surface area contributed by atoms with Crippen molar-refractivity contribution >= 4 is 36.8 Å². The fraction of sp³-hybridized carbons (Fsp3) is 0.333. The molecule has 0 unspecified atom stereocenters. The van der Waals surface area contributed by atoms with Gasteiger partial charge in [-0.1, -0.05) is 13.0 Å². The fourth-order valence-electron chi connectivity index (χ4n) is 3.42. The van der Waals surface area contributed by atoms with E-state index in [1.807, 2.05) is 6.92 Å². The Balaban J connectivity index is 1.57. The standard InChI is InChI=1S/C18H20N4O5S2/c1-13-4-3-11-22(12-13)29(25,26)15-9-7-14(8-10-15)21-28(23,24)17-6-2-5-16-18(17)20-27-19-16/h2,5-10,13,21H,3-4,11-12H2,1H3/t13-/m0/s1. The zero-order chi connectivity index (χ0) is 20.6. The van der Waals surface area contributed by atoms with Crippen molar-refractivity contribution in [1.82, 2.24) is 14.6 Å². The highest BCUT2D eigenvalue weighted by atomic mass is 32.2. The number of aromatic nitrogens is 2. The van der Waals surface area contributed by atoms with Crippen molar-refractivity contribution in [1.29, 1.82) is 0 Å². The van der Waals surface area contributed by atoms with Crippen LogP contribution in [0.2, 0.25) is 0 Å². The third kappa shape index (κ3) is 3.85. The number of anilines is 1. The Kier molecular flexibility index (Phi) is 5.05. The molecule has 154 valence electrons. The zero-order valence-electron chi connectivity index (χ0n) is 15.6. The van der Waals surface area contributed by atoms with Gasteiger partial charge in [0.15, 0.2) is 5.52 Å². The van der Waals surface area contributed by atoms with Gasteiger partial charge in [-0.05, 0) is 65.5 Å². The number of fused-ring (bicyclic) bond motifs is 1. The molecule has 2 heterocycles. The zero-order valence-corrected chi connectivity index (χ0v) is 17.3. The number of hydrogen-bond acceptors (Lipinski definition) is 7. The van der Waals surface area contributed by atoms with E-state index in [1.165, 1.54) is 40.7 Å². The first-order chi connectivity index (χ1) is 13.8. The van der Waals surface area contributed by atoms with E-state index in [1.54, 1.807) is 6.07 Å². The molecular weight excluding hydrogens is 416 g/mol. The third-order valence-electron chi connectivity index (χ3n) is 4.90. The van der Waals surface area contributed by atoms with Crippen LogP contribution in [0.4, 0.5) is 5.69 Å². The van der Waals surface area contributed by atoms with E-state index in [9.17, 15) is 16.8 Å². The molecule has 1 saturated heterocycles. The molecule has 1 atom stereocenters. The largest absolute Gasteiger partial charge is 0.280 e. The molecule has 1 aromatic heterocycles. The number of rotatable bonds is 5. The average Bonchev–Trinajstić information content (AvgIpc) is 3.17. The molecule has 1 aliphatic heterocycles. The molecule has 0 bridgehead atoms. The van der Waals surface area contributed by atoms with Crippen LogP contribution in [-0.2, 0) is 20.0 Å². The molecule has 1 aliphatic rings. The minimum atomic E-state index is -3.96. The first-order valence-corrected chi connectivity index (χ1v) is 12.0. The minimum absolute atomic E-state index is 0.0738. The normalized spacial score (nSPS) is 18.7. The van der Waals surface area contributed by atoms with Crippen molar-refractivity contribution in [2.75, 3.05) is 17.8 Å². The van der Waals surface area contributed by atoms with Gasteiger partial charge in [0.05, 0.1) is 4.90 Å². The van der Waals surface area contributed by atoms with E-state index in [4.69, 9.17) is 0 Å². The van der Waals surface area contributed by atoms with Gasteiger partial charge in [-0.3, -0.25) is 4.72 Å². The summed E-state index contributed by atoms with van der Waals surface area (Å²) in [6.07, 6.45) is 1.85. The fourth-order valence-corrected chi connectivity index (χ4v) is 6.23. The van der Waals surface area contributed by atoms with E-state index < -0.39 is 20.0 Å². The van der Waals surface area contributed by atoms with Crippen molar-refractivity contribution in [3.63, 3.8) is 0 Å². The second-order valence-corrected chi connectivity index (χ2v) is 10.7. The predicted octanol–water partition coefficient (Wildman–Crippen LogP) is 2.44. The Morgan fingerprint density at radius 1 is 1.07 bits per heavy atom. The summed E-state index contributed by atoms with van der Waals surface area (Å²) in [5.74, 6) is 0.318. The maximum Gasteiger partial charge on any atom is 0.264 e. The molecule has 3 aromatic rings. The van der Waals surface area contributed by atoms with Gasteiger partial charge in [0.1, 0.15) is 10.4 Å². The number of sulfonamides is 2. The van der Waals surface area contributed by atoms with E-state index in [-0.39, 0.29) is 21.0 Å². The van der Waals surface area contributed by atoms with E-state index in [2.05, 4.69) is 19.7 Å². The summed E-state index contributed by atoms with van der Waals surface area (Å²) in [4.78, 5) is 0.0626. The Bertz CT molecular complexity index is 1240. The van der Waals surface area contributed by atoms with E-state index >= 15 is 0 Å². The van der Waals surface area contributed by atoms with Crippen molar-refractivity contribution in [2.24, 2.45) is 5.92 Å². The summed E-state index contributed by atoms with van der Waals surface area (Å²) in [5, 5.41) is 7.28. The summed E-state index contributed by atoms with van der Waals surface area (Å²) in [7, 11) is -7.56. The lowest BCUT2D eigenvalue weighted by molar-refractivity contribution is 0.281. The molecule has 0 amide bonds. The lowest BCUT2D eigenvalue weighted by atomic mass is 10.0. The van der Waals surface area contributed by atoms with Crippen LogP contribution in [0.1, 0.15) is 19.8 Å². The third-order valence-corrected chi connectivity index (χ3v) is 8.19. The molecule has 4 rings (SSSR count). The highest BCUT2D eigenvalue weighted by Gasteiger charge is 2.28. The van der Waals surface area contributed by atoms with Gasteiger partial charge in [-0.2, -0.15) is 4.31 Å². The average molecular weight is 437 g/mol. The van der Waals surface area contributed by atoms with Crippen LogP contribution in [-0.4, -0.2) is 44.5 Å². The summed E-state index contributed by atoms with van der Waals surface area (Å²) < 4.78 is 59.6. The highest BCUT2D eigenvalue weighted by molar-refractivity contribution is 7.93.